The largest absolute Gasteiger partial charge is 0.435 e. The van der Waals surface area contributed by atoms with Crippen LogP contribution in [0.1, 0.15) is 23.6 Å². The summed E-state index contributed by atoms with van der Waals surface area (Å²) in [5, 5.41) is 18.0. The second-order valence-electron chi connectivity index (χ2n) is 9.53. The minimum Gasteiger partial charge on any atom is -0.435 e. The monoisotopic (exact) mass is 537 g/mol. The number of likely N-dealkylation sites (tertiary alicyclic amines) is 1. The van der Waals surface area contributed by atoms with Crippen molar-refractivity contribution in [2.45, 2.75) is 18.6 Å². The van der Waals surface area contributed by atoms with Crippen molar-refractivity contribution in [1.29, 1.82) is 0 Å². The average Bonchev–Trinajstić information content (AvgIpc) is 3.51. The van der Waals surface area contributed by atoms with Gasteiger partial charge in [-0.2, -0.15) is 13.2 Å². The summed E-state index contributed by atoms with van der Waals surface area (Å²) < 4.78 is 64.8. The fraction of sp³-hybridized carbons (Fsp3) is 0.250. The lowest BCUT2D eigenvalue weighted by atomic mass is 9.97. The highest BCUT2D eigenvalue weighted by Crippen LogP contribution is 2.41. The van der Waals surface area contributed by atoms with E-state index in [0.717, 1.165) is 23.6 Å². The summed E-state index contributed by atoms with van der Waals surface area (Å²) >= 11 is 0. The number of oxazole rings is 1. The summed E-state index contributed by atoms with van der Waals surface area (Å²) in [4.78, 5) is 6.19. The number of aromatic nitrogens is 4. The molecule has 7 nitrogen and oxygen atoms in total. The minimum atomic E-state index is -4.74. The topological polar surface area (TPSA) is 80.2 Å². The van der Waals surface area contributed by atoms with Crippen LogP contribution in [0, 0.1) is 5.82 Å². The number of alkyl halides is 3. The van der Waals surface area contributed by atoms with Gasteiger partial charge < -0.3 is 14.1 Å². The maximum absolute atomic E-state index is 15.1. The number of aliphatic hydroxyl groups is 1. The van der Waals surface area contributed by atoms with Crippen molar-refractivity contribution >= 4 is 11.1 Å². The Labute approximate surface area is 220 Å². The molecule has 1 aliphatic heterocycles. The molecule has 1 N–H and O–H groups in total. The lowest BCUT2D eigenvalue weighted by Gasteiger charge is -2.37. The van der Waals surface area contributed by atoms with E-state index in [1.54, 1.807) is 24.0 Å². The van der Waals surface area contributed by atoms with E-state index >= 15 is 4.39 Å². The third kappa shape index (κ3) is 4.47. The van der Waals surface area contributed by atoms with E-state index in [-0.39, 0.29) is 29.1 Å². The van der Waals surface area contributed by atoms with Crippen molar-refractivity contribution in [1.82, 2.24) is 24.6 Å². The minimum absolute atomic E-state index is 0.0573. The summed E-state index contributed by atoms with van der Waals surface area (Å²) in [6, 6.07) is 13.5. The van der Waals surface area contributed by atoms with Gasteiger partial charge in [-0.15, -0.1) is 10.2 Å². The first-order valence-electron chi connectivity index (χ1n) is 12.3. The van der Waals surface area contributed by atoms with E-state index in [4.69, 9.17) is 4.42 Å². The Morgan fingerprint density at radius 2 is 1.79 bits per heavy atom. The Morgan fingerprint density at radius 3 is 2.44 bits per heavy atom. The highest BCUT2D eigenvalue weighted by atomic mass is 19.4. The standard InChI is InChI=1S/C28H23F4N5O2/c1-36-15-33-35-26(36)19-6-3-2-5-18(19)16-7-8-22(29)20(11-16)27-34-23-13-17(24(14-38)37-9-4-10-37)12-21(25(23)39-27)28(30,31)32/h2-3,5-8,11-13,15,24,38H,4,9-10,14H2,1H3. The van der Waals surface area contributed by atoms with Crippen molar-refractivity contribution < 1.29 is 27.1 Å². The highest BCUT2D eigenvalue weighted by molar-refractivity contribution is 5.84. The van der Waals surface area contributed by atoms with Crippen LogP contribution in [0.25, 0.3) is 45.1 Å². The lowest BCUT2D eigenvalue weighted by Crippen LogP contribution is -2.41. The van der Waals surface area contributed by atoms with Crippen molar-refractivity contribution in [3.05, 3.63) is 77.9 Å². The van der Waals surface area contributed by atoms with E-state index in [9.17, 15) is 18.3 Å². The van der Waals surface area contributed by atoms with Crippen LogP contribution in [0.15, 0.2) is 65.3 Å². The molecule has 1 fully saturated rings. The van der Waals surface area contributed by atoms with Gasteiger partial charge in [0.15, 0.2) is 11.4 Å². The van der Waals surface area contributed by atoms with E-state index < -0.39 is 29.2 Å². The van der Waals surface area contributed by atoms with Gasteiger partial charge in [0.05, 0.1) is 18.2 Å². The fourth-order valence-electron chi connectivity index (χ4n) is 4.97. The number of hydrogen-bond acceptors (Lipinski definition) is 6. The van der Waals surface area contributed by atoms with Gasteiger partial charge in [-0.3, -0.25) is 4.90 Å². The molecule has 3 heterocycles. The molecule has 1 atom stereocenters. The number of hydrogen-bond donors (Lipinski definition) is 1. The van der Waals surface area contributed by atoms with Crippen LogP contribution in [0.5, 0.6) is 0 Å². The third-order valence-electron chi connectivity index (χ3n) is 7.09. The van der Waals surface area contributed by atoms with Crippen LogP contribution < -0.4 is 0 Å². The van der Waals surface area contributed by atoms with Gasteiger partial charge in [-0.05, 0) is 47.4 Å². The maximum Gasteiger partial charge on any atom is 0.420 e. The van der Waals surface area contributed by atoms with Crippen LogP contribution in [-0.2, 0) is 13.2 Å². The number of aliphatic hydroxyl groups excluding tert-OH is 1. The first-order chi connectivity index (χ1) is 18.7. The normalized spacial score (nSPS) is 15.0. The van der Waals surface area contributed by atoms with Gasteiger partial charge in [0, 0.05) is 25.7 Å². The van der Waals surface area contributed by atoms with Gasteiger partial charge in [-0.1, -0.05) is 30.3 Å². The molecule has 0 bridgehead atoms. The Kier molecular flexibility index (Phi) is 6.19. The molecule has 0 aliphatic carbocycles. The molecule has 0 saturated carbocycles. The van der Waals surface area contributed by atoms with Gasteiger partial charge in [-0.25, -0.2) is 9.37 Å². The number of benzene rings is 3. The maximum atomic E-state index is 15.1. The molecular weight excluding hydrogens is 514 g/mol. The second kappa shape index (κ2) is 9.58. The zero-order valence-corrected chi connectivity index (χ0v) is 20.8. The highest BCUT2D eigenvalue weighted by Gasteiger charge is 2.37. The van der Waals surface area contributed by atoms with Gasteiger partial charge in [0.2, 0.25) is 5.89 Å². The van der Waals surface area contributed by atoms with E-state index in [2.05, 4.69) is 15.2 Å². The fourth-order valence-corrected chi connectivity index (χ4v) is 4.97. The molecule has 1 saturated heterocycles. The van der Waals surface area contributed by atoms with Crippen LogP contribution in [-0.4, -0.2) is 49.5 Å². The first-order valence-corrected chi connectivity index (χ1v) is 12.3. The molecule has 39 heavy (non-hydrogen) atoms. The number of aryl methyl sites for hydroxylation is 1. The number of fused-ring (bicyclic) bond motifs is 1. The molecule has 200 valence electrons. The van der Waals surface area contributed by atoms with Crippen LogP contribution in [0.3, 0.4) is 0 Å². The quantitative estimate of drug-likeness (QED) is 0.274. The molecule has 0 amide bonds. The van der Waals surface area contributed by atoms with E-state index in [1.165, 1.54) is 18.2 Å². The first kappa shape index (κ1) is 25.2. The predicted octanol–water partition coefficient (Wildman–Crippen LogP) is 5.85. The summed E-state index contributed by atoms with van der Waals surface area (Å²) in [5.41, 5.74) is 0.724. The lowest BCUT2D eigenvalue weighted by molar-refractivity contribution is -0.137. The smallest absolute Gasteiger partial charge is 0.420 e. The predicted molar refractivity (Wildman–Crippen MR) is 136 cm³/mol. The number of rotatable bonds is 6. The zero-order valence-electron chi connectivity index (χ0n) is 20.8. The van der Waals surface area contributed by atoms with Crippen molar-refractivity contribution in [2.75, 3.05) is 19.7 Å². The summed E-state index contributed by atoms with van der Waals surface area (Å²) in [6.07, 6.45) is -2.26. The van der Waals surface area contributed by atoms with Gasteiger partial charge in [0.25, 0.3) is 0 Å². The Hall–Kier alpha value is -4.09. The molecule has 3 aromatic carbocycles. The summed E-state index contributed by atoms with van der Waals surface area (Å²) in [5.74, 6) is -0.363. The molecule has 11 heteroatoms. The van der Waals surface area contributed by atoms with Crippen LogP contribution in [0.2, 0.25) is 0 Å². The zero-order chi connectivity index (χ0) is 27.3. The molecule has 6 rings (SSSR count). The second-order valence-corrected chi connectivity index (χ2v) is 9.53. The Balaban J connectivity index is 1.49. The SMILES string of the molecule is Cn1cnnc1-c1ccccc1-c1ccc(F)c(-c2nc3cc(C(CO)N4CCC4)cc(C(F)(F)F)c3o2)c1. The van der Waals surface area contributed by atoms with Crippen molar-refractivity contribution in [3.63, 3.8) is 0 Å². The Bertz CT molecular complexity index is 1670. The Morgan fingerprint density at radius 1 is 1.03 bits per heavy atom. The summed E-state index contributed by atoms with van der Waals surface area (Å²) in [6.45, 7) is 1.03. The molecule has 1 unspecified atom stereocenters. The molecule has 2 aromatic heterocycles. The molecule has 5 aromatic rings. The molecule has 0 radical (unpaired) electrons. The van der Waals surface area contributed by atoms with Crippen molar-refractivity contribution in [3.8, 4) is 34.0 Å². The van der Waals surface area contributed by atoms with Crippen LogP contribution >= 0.6 is 0 Å². The molecule has 1 aliphatic rings. The van der Waals surface area contributed by atoms with Gasteiger partial charge in [0.1, 0.15) is 23.2 Å². The number of halogens is 4. The third-order valence-corrected chi connectivity index (χ3v) is 7.09. The molecule has 0 spiro atoms. The van der Waals surface area contributed by atoms with Gasteiger partial charge >= 0.3 is 6.18 Å². The average molecular weight is 538 g/mol. The summed E-state index contributed by atoms with van der Waals surface area (Å²) in [7, 11) is 1.80. The number of nitrogens with zero attached hydrogens (tertiary/aromatic N) is 5. The van der Waals surface area contributed by atoms with Crippen LogP contribution in [0.4, 0.5) is 17.6 Å². The van der Waals surface area contributed by atoms with E-state index in [0.29, 0.717) is 24.5 Å². The van der Waals surface area contributed by atoms with E-state index in [1.807, 2.05) is 29.2 Å². The van der Waals surface area contributed by atoms with Crippen molar-refractivity contribution in [2.24, 2.45) is 7.05 Å². The molecular formula is C28H23F4N5O2.